The van der Waals surface area contributed by atoms with Gasteiger partial charge < -0.3 is 10.8 Å². The van der Waals surface area contributed by atoms with Gasteiger partial charge in [-0.25, -0.2) is 0 Å². The van der Waals surface area contributed by atoms with Crippen LogP contribution in [0.3, 0.4) is 0 Å². The largest absolute Gasteiger partial charge is 0.395 e. The molecule has 3 heteroatoms. The third-order valence-corrected chi connectivity index (χ3v) is 2.89. The number of aliphatic hydroxyl groups excluding tert-OH is 1. The van der Waals surface area contributed by atoms with Crippen LogP contribution in [0, 0.1) is 5.41 Å². The van der Waals surface area contributed by atoms with E-state index in [1.165, 1.54) is 6.42 Å². The summed E-state index contributed by atoms with van der Waals surface area (Å²) in [6.07, 6.45) is 2.35. The van der Waals surface area contributed by atoms with Gasteiger partial charge in [0.05, 0.1) is 6.61 Å². The Morgan fingerprint density at radius 1 is 1.54 bits per heavy atom. The van der Waals surface area contributed by atoms with E-state index in [1.807, 2.05) is 0 Å². The van der Waals surface area contributed by atoms with Crippen LogP contribution in [0.4, 0.5) is 0 Å². The highest BCUT2D eigenvalue weighted by atomic mass is 16.3. The van der Waals surface area contributed by atoms with Crippen LogP contribution in [0.2, 0.25) is 0 Å². The molecule has 0 bridgehead atoms. The minimum Gasteiger partial charge on any atom is -0.395 e. The Labute approximate surface area is 80.9 Å². The van der Waals surface area contributed by atoms with Crippen molar-refractivity contribution < 1.29 is 5.11 Å². The number of aliphatic hydroxyl groups is 1. The fraction of sp³-hybridized carbons (Fsp3) is 1.00. The summed E-state index contributed by atoms with van der Waals surface area (Å²) >= 11 is 0. The van der Waals surface area contributed by atoms with Gasteiger partial charge in [-0.15, -0.1) is 0 Å². The molecule has 1 aliphatic rings. The molecule has 0 saturated carbocycles. The Morgan fingerprint density at radius 3 is 2.77 bits per heavy atom. The van der Waals surface area contributed by atoms with Crippen LogP contribution >= 0.6 is 0 Å². The first-order valence-electron chi connectivity index (χ1n) is 5.14. The first-order valence-corrected chi connectivity index (χ1v) is 5.14. The second kappa shape index (κ2) is 4.40. The van der Waals surface area contributed by atoms with E-state index < -0.39 is 0 Å². The number of hydrogen-bond donors (Lipinski definition) is 2. The molecule has 0 amide bonds. The van der Waals surface area contributed by atoms with Crippen LogP contribution in [0.1, 0.15) is 26.7 Å². The Bertz CT molecular complexity index is 159. The molecule has 0 aliphatic carbocycles. The monoisotopic (exact) mass is 186 g/mol. The summed E-state index contributed by atoms with van der Waals surface area (Å²) in [4.78, 5) is 2.37. The maximum absolute atomic E-state index is 9.13. The van der Waals surface area contributed by atoms with E-state index in [1.54, 1.807) is 0 Å². The molecule has 1 aliphatic heterocycles. The molecule has 0 aromatic rings. The van der Waals surface area contributed by atoms with E-state index in [0.29, 0.717) is 19.2 Å². The highest BCUT2D eigenvalue weighted by Gasteiger charge is 2.28. The zero-order valence-corrected chi connectivity index (χ0v) is 8.79. The number of hydrogen-bond acceptors (Lipinski definition) is 3. The van der Waals surface area contributed by atoms with Crippen molar-refractivity contribution in [2.45, 2.75) is 32.7 Å². The third-order valence-electron chi connectivity index (χ3n) is 2.89. The summed E-state index contributed by atoms with van der Waals surface area (Å²) in [6, 6.07) is 0.380. The molecule has 0 aromatic carbocycles. The van der Waals surface area contributed by atoms with Crippen LogP contribution in [0.25, 0.3) is 0 Å². The van der Waals surface area contributed by atoms with Crippen molar-refractivity contribution in [1.29, 1.82) is 0 Å². The van der Waals surface area contributed by atoms with E-state index in [2.05, 4.69) is 18.7 Å². The van der Waals surface area contributed by atoms with Crippen molar-refractivity contribution in [3.05, 3.63) is 0 Å². The van der Waals surface area contributed by atoms with E-state index in [0.717, 1.165) is 19.5 Å². The maximum Gasteiger partial charge on any atom is 0.0586 e. The molecule has 0 aromatic heterocycles. The molecule has 0 spiro atoms. The Kier molecular flexibility index (Phi) is 3.71. The molecule has 1 atom stereocenters. The van der Waals surface area contributed by atoms with Crippen molar-refractivity contribution in [2.75, 3.05) is 26.2 Å². The average Bonchev–Trinajstić information content (AvgIpc) is 2.51. The van der Waals surface area contributed by atoms with Gasteiger partial charge in [0.2, 0.25) is 0 Å². The fourth-order valence-corrected chi connectivity index (χ4v) is 1.92. The molecule has 0 radical (unpaired) electrons. The molecule has 1 heterocycles. The SMILES string of the molecule is CC(C)(CN)CN1CCCC1CO. The standard InChI is InChI=1S/C10H22N2O/c1-10(2,7-11)8-12-5-3-4-9(12)6-13/h9,13H,3-8,11H2,1-2H3. The third kappa shape index (κ3) is 2.93. The van der Waals surface area contributed by atoms with E-state index in [4.69, 9.17) is 10.8 Å². The van der Waals surface area contributed by atoms with Crippen LogP contribution in [0.5, 0.6) is 0 Å². The number of likely N-dealkylation sites (tertiary alicyclic amines) is 1. The van der Waals surface area contributed by atoms with Crippen molar-refractivity contribution in [1.82, 2.24) is 4.90 Å². The zero-order chi connectivity index (χ0) is 9.90. The van der Waals surface area contributed by atoms with Crippen molar-refractivity contribution in [3.8, 4) is 0 Å². The number of nitrogens with zero attached hydrogens (tertiary/aromatic N) is 1. The van der Waals surface area contributed by atoms with Crippen molar-refractivity contribution in [3.63, 3.8) is 0 Å². The van der Waals surface area contributed by atoms with Crippen LogP contribution in [-0.4, -0.2) is 42.3 Å². The van der Waals surface area contributed by atoms with Gasteiger partial charge in [-0.1, -0.05) is 13.8 Å². The minimum absolute atomic E-state index is 0.178. The summed E-state index contributed by atoms with van der Waals surface area (Å²) in [6.45, 7) is 7.49. The van der Waals surface area contributed by atoms with Crippen LogP contribution < -0.4 is 5.73 Å². The predicted octanol–water partition coefficient (Wildman–Crippen LogP) is 0.428. The lowest BCUT2D eigenvalue weighted by atomic mass is 9.93. The number of rotatable bonds is 4. The Morgan fingerprint density at radius 2 is 2.23 bits per heavy atom. The lowest BCUT2D eigenvalue weighted by Crippen LogP contribution is -2.42. The van der Waals surface area contributed by atoms with Gasteiger partial charge >= 0.3 is 0 Å². The molecular weight excluding hydrogens is 164 g/mol. The second-order valence-electron chi connectivity index (χ2n) is 4.82. The molecule has 3 nitrogen and oxygen atoms in total. The van der Waals surface area contributed by atoms with Gasteiger partial charge in [0.15, 0.2) is 0 Å². The van der Waals surface area contributed by atoms with Gasteiger partial charge in [-0.2, -0.15) is 0 Å². The summed E-state index contributed by atoms with van der Waals surface area (Å²) in [5.74, 6) is 0. The van der Waals surface area contributed by atoms with Gasteiger partial charge in [-0.05, 0) is 31.3 Å². The molecule has 1 rings (SSSR count). The predicted molar refractivity (Wildman–Crippen MR) is 54.5 cm³/mol. The van der Waals surface area contributed by atoms with Crippen LogP contribution in [-0.2, 0) is 0 Å². The maximum atomic E-state index is 9.13. The van der Waals surface area contributed by atoms with Gasteiger partial charge in [-0.3, -0.25) is 4.90 Å². The van der Waals surface area contributed by atoms with Crippen LogP contribution in [0.15, 0.2) is 0 Å². The topological polar surface area (TPSA) is 49.5 Å². The smallest absolute Gasteiger partial charge is 0.0586 e. The van der Waals surface area contributed by atoms with Gasteiger partial charge in [0, 0.05) is 12.6 Å². The van der Waals surface area contributed by atoms with Crippen molar-refractivity contribution in [2.24, 2.45) is 11.1 Å². The van der Waals surface area contributed by atoms with Gasteiger partial charge in [0.1, 0.15) is 0 Å². The van der Waals surface area contributed by atoms with E-state index >= 15 is 0 Å². The molecule has 78 valence electrons. The summed E-state index contributed by atoms with van der Waals surface area (Å²) in [5.41, 5.74) is 5.86. The summed E-state index contributed by atoms with van der Waals surface area (Å²) in [5, 5.41) is 9.13. The Balaban J connectivity index is 2.43. The summed E-state index contributed by atoms with van der Waals surface area (Å²) in [7, 11) is 0. The first-order chi connectivity index (χ1) is 6.09. The molecule has 13 heavy (non-hydrogen) atoms. The van der Waals surface area contributed by atoms with Gasteiger partial charge in [0.25, 0.3) is 0 Å². The molecular formula is C10H22N2O. The number of nitrogens with two attached hydrogens (primary N) is 1. The van der Waals surface area contributed by atoms with Crippen molar-refractivity contribution >= 4 is 0 Å². The lowest BCUT2D eigenvalue weighted by molar-refractivity contribution is 0.120. The molecule has 3 N–H and O–H groups in total. The van der Waals surface area contributed by atoms with E-state index in [-0.39, 0.29) is 5.41 Å². The fourth-order valence-electron chi connectivity index (χ4n) is 1.92. The first kappa shape index (κ1) is 11.0. The Hall–Kier alpha value is -0.120. The minimum atomic E-state index is 0.178. The lowest BCUT2D eigenvalue weighted by Gasteiger charge is -2.32. The molecule has 1 unspecified atom stereocenters. The molecule has 1 saturated heterocycles. The molecule has 1 fully saturated rings. The second-order valence-corrected chi connectivity index (χ2v) is 4.82. The quantitative estimate of drug-likeness (QED) is 0.669. The normalized spacial score (nSPS) is 25.4. The average molecular weight is 186 g/mol. The zero-order valence-electron chi connectivity index (χ0n) is 8.79. The summed E-state index contributed by atoms with van der Waals surface area (Å²) < 4.78 is 0. The van der Waals surface area contributed by atoms with E-state index in [9.17, 15) is 0 Å². The highest BCUT2D eigenvalue weighted by Crippen LogP contribution is 2.22. The highest BCUT2D eigenvalue weighted by molar-refractivity contribution is 4.83.